The van der Waals surface area contributed by atoms with Crippen molar-refractivity contribution in [1.29, 1.82) is 0 Å². The lowest BCUT2D eigenvalue weighted by molar-refractivity contribution is -0.133. The van der Waals surface area contributed by atoms with Crippen LogP contribution in [0.3, 0.4) is 0 Å². The van der Waals surface area contributed by atoms with Crippen molar-refractivity contribution < 1.29 is 29.4 Å². The fourth-order valence-corrected chi connectivity index (χ4v) is 2.67. The van der Waals surface area contributed by atoms with E-state index in [1.54, 1.807) is 57.2 Å². The average Bonchev–Trinajstić information content (AvgIpc) is 2.79. The number of amides is 3. The SMILES string of the molecule is C[C@@H](O)[C@H](NC(=O)c1ccc(C#CC#Cc2ccc(NC(=O)OC(C)(C)C)cc2)cc1)C(=O)NO. The first kappa shape index (κ1) is 26.9. The summed E-state index contributed by atoms with van der Waals surface area (Å²) in [6.45, 7) is 6.67. The Bertz CT molecular complexity index is 1170. The minimum Gasteiger partial charge on any atom is -0.444 e. The summed E-state index contributed by atoms with van der Waals surface area (Å²) < 4.78 is 5.20. The summed E-state index contributed by atoms with van der Waals surface area (Å²) in [5.41, 5.74) is 2.98. The van der Waals surface area contributed by atoms with E-state index in [2.05, 4.69) is 34.3 Å². The molecule has 0 heterocycles. The van der Waals surface area contributed by atoms with Gasteiger partial charge >= 0.3 is 6.09 Å². The average molecular weight is 478 g/mol. The van der Waals surface area contributed by atoms with E-state index < -0.39 is 35.7 Å². The molecule has 2 atom stereocenters. The van der Waals surface area contributed by atoms with Crippen LogP contribution in [0.1, 0.15) is 49.2 Å². The third kappa shape index (κ3) is 9.22. The highest BCUT2D eigenvalue weighted by Crippen LogP contribution is 2.12. The number of rotatable bonds is 5. The largest absolute Gasteiger partial charge is 0.444 e. The van der Waals surface area contributed by atoms with Crippen LogP contribution in [-0.4, -0.2) is 46.0 Å². The Morgan fingerprint density at radius 3 is 1.89 bits per heavy atom. The molecule has 0 radical (unpaired) electrons. The van der Waals surface area contributed by atoms with Gasteiger partial charge < -0.3 is 15.2 Å². The summed E-state index contributed by atoms with van der Waals surface area (Å²) in [6, 6.07) is 11.9. The summed E-state index contributed by atoms with van der Waals surface area (Å²) >= 11 is 0. The third-order valence-corrected chi connectivity index (χ3v) is 4.32. The van der Waals surface area contributed by atoms with Gasteiger partial charge in [-0.2, -0.15) is 0 Å². The maximum Gasteiger partial charge on any atom is 0.412 e. The summed E-state index contributed by atoms with van der Waals surface area (Å²) in [5.74, 6) is 9.70. The Morgan fingerprint density at radius 1 is 0.914 bits per heavy atom. The molecule has 2 aromatic carbocycles. The van der Waals surface area contributed by atoms with Gasteiger partial charge in [-0.05, 0) is 88.1 Å². The molecule has 2 rings (SSSR count). The molecular formula is C26H27N3O6. The van der Waals surface area contributed by atoms with E-state index in [-0.39, 0.29) is 5.56 Å². The number of hydrogen-bond donors (Lipinski definition) is 5. The molecular weight excluding hydrogens is 450 g/mol. The third-order valence-electron chi connectivity index (χ3n) is 4.32. The van der Waals surface area contributed by atoms with Crippen molar-refractivity contribution in [2.24, 2.45) is 0 Å². The number of aliphatic hydroxyl groups is 1. The van der Waals surface area contributed by atoms with Gasteiger partial charge in [0.25, 0.3) is 11.8 Å². The van der Waals surface area contributed by atoms with E-state index in [0.717, 1.165) is 0 Å². The van der Waals surface area contributed by atoms with Crippen molar-refractivity contribution in [2.75, 3.05) is 5.32 Å². The molecule has 35 heavy (non-hydrogen) atoms. The van der Waals surface area contributed by atoms with Gasteiger partial charge in [-0.15, -0.1) is 0 Å². The van der Waals surface area contributed by atoms with Crippen LogP contribution in [0.25, 0.3) is 0 Å². The molecule has 0 fully saturated rings. The topological polar surface area (TPSA) is 137 Å². The normalized spacial score (nSPS) is 11.9. The molecule has 0 aliphatic rings. The van der Waals surface area contributed by atoms with Crippen molar-refractivity contribution in [3.05, 3.63) is 65.2 Å². The van der Waals surface area contributed by atoms with Crippen LogP contribution in [0.4, 0.5) is 10.5 Å². The number of carbonyl (C=O) groups is 3. The van der Waals surface area contributed by atoms with E-state index in [0.29, 0.717) is 16.8 Å². The van der Waals surface area contributed by atoms with Crippen LogP contribution in [0, 0.1) is 23.7 Å². The Morgan fingerprint density at radius 2 is 1.43 bits per heavy atom. The number of aliphatic hydroxyl groups excluding tert-OH is 1. The van der Waals surface area contributed by atoms with Gasteiger partial charge in [0.1, 0.15) is 11.6 Å². The first-order valence-electron chi connectivity index (χ1n) is 10.6. The molecule has 9 heteroatoms. The zero-order valence-corrected chi connectivity index (χ0v) is 19.8. The number of hydroxylamine groups is 1. The highest BCUT2D eigenvalue weighted by Gasteiger charge is 2.25. The van der Waals surface area contributed by atoms with Gasteiger partial charge in [0.05, 0.1) is 6.10 Å². The lowest BCUT2D eigenvalue weighted by atomic mass is 10.1. The van der Waals surface area contributed by atoms with Crippen molar-refractivity contribution >= 4 is 23.6 Å². The Kier molecular flexibility index (Phi) is 9.42. The predicted octanol–water partition coefficient (Wildman–Crippen LogP) is 2.42. The number of nitrogens with one attached hydrogen (secondary N) is 3. The highest BCUT2D eigenvalue weighted by atomic mass is 16.6. The minimum absolute atomic E-state index is 0.248. The quantitative estimate of drug-likeness (QED) is 0.255. The minimum atomic E-state index is -1.30. The second kappa shape index (κ2) is 12.2. The van der Waals surface area contributed by atoms with Crippen LogP contribution < -0.4 is 16.1 Å². The van der Waals surface area contributed by atoms with E-state index in [1.165, 1.54) is 24.5 Å². The number of benzene rings is 2. The smallest absolute Gasteiger partial charge is 0.412 e. The highest BCUT2D eigenvalue weighted by molar-refractivity contribution is 5.97. The molecule has 2 aromatic rings. The predicted molar refractivity (Wildman–Crippen MR) is 129 cm³/mol. The number of anilines is 1. The van der Waals surface area contributed by atoms with Gasteiger partial charge in [-0.1, -0.05) is 11.8 Å². The van der Waals surface area contributed by atoms with Crippen molar-refractivity contribution in [1.82, 2.24) is 10.8 Å². The number of hydrogen-bond acceptors (Lipinski definition) is 6. The van der Waals surface area contributed by atoms with E-state index in [4.69, 9.17) is 9.94 Å². The lowest BCUT2D eigenvalue weighted by Gasteiger charge is -2.19. The lowest BCUT2D eigenvalue weighted by Crippen LogP contribution is -2.51. The Hall–Kier alpha value is -4.31. The first-order chi connectivity index (χ1) is 16.5. The summed E-state index contributed by atoms with van der Waals surface area (Å²) in [4.78, 5) is 35.6. The molecule has 0 spiro atoms. The molecule has 3 amide bonds. The second-order valence-corrected chi connectivity index (χ2v) is 8.45. The van der Waals surface area contributed by atoms with Gasteiger partial charge in [0, 0.05) is 22.4 Å². The van der Waals surface area contributed by atoms with Crippen LogP contribution in [0.2, 0.25) is 0 Å². The maximum atomic E-state index is 12.3. The molecule has 0 aliphatic heterocycles. The van der Waals surface area contributed by atoms with Crippen molar-refractivity contribution in [3.8, 4) is 23.7 Å². The van der Waals surface area contributed by atoms with Crippen LogP contribution in [0.15, 0.2) is 48.5 Å². The van der Waals surface area contributed by atoms with Gasteiger partial charge in [0.15, 0.2) is 0 Å². The van der Waals surface area contributed by atoms with E-state index in [9.17, 15) is 19.5 Å². The first-order valence-corrected chi connectivity index (χ1v) is 10.6. The van der Waals surface area contributed by atoms with E-state index >= 15 is 0 Å². The zero-order chi connectivity index (χ0) is 26.0. The molecule has 0 bridgehead atoms. The molecule has 0 saturated carbocycles. The summed E-state index contributed by atoms with van der Waals surface area (Å²) in [7, 11) is 0. The summed E-state index contributed by atoms with van der Waals surface area (Å²) in [5, 5.41) is 23.3. The maximum absolute atomic E-state index is 12.3. The fraction of sp³-hybridized carbons (Fsp3) is 0.269. The molecule has 0 aliphatic carbocycles. The molecule has 5 N–H and O–H groups in total. The Labute approximate surface area is 203 Å². The van der Waals surface area contributed by atoms with Crippen molar-refractivity contribution in [2.45, 2.75) is 45.4 Å². The number of carbonyl (C=O) groups excluding carboxylic acids is 3. The van der Waals surface area contributed by atoms with Crippen molar-refractivity contribution in [3.63, 3.8) is 0 Å². The fourth-order valence-electron chi connectivity index (χ4n) is 2.67. The zero-order valence-electron chi connectivity index (χ0n) is 19.8. The number of ether oxygens (including phenoxy) is 1. The van der Waals surface area contributed by atoms with Crippen LogP contribution in [-0.2, 0) is 9.53 Å². The molecule has 0 unspecified atom stereocenters. The standard InChI is InChI=1S/C26H27N3O6/c1-17(30)22(24(32)29-34)28-23(31)20-13-9-18(10-14-20)7-5-6-8-19-11-15-21(16-12-19)27-25(33)35-26(2,3)4/h9-17,22,30,34H,1-4H3,(H,27,33)(H,28,31)(H,29,32)/t17-,22+/m1/s1. The summed E-state index contributed by atoms with van der Waals surface area (Å²) in [6.07, 6.45) is -1.74. The van der Waals surface area contributed by atoms with Crippen LogP contribution in [0.5, 0.6) is 0 Å². The second-order valence-electron chi connectivity index (χ2n) is 8.45. The molecule has 9 nitrogen and oxygen atoms in total. The van der Waals surface area contributed by atoms with Gasteiger partial charge in [0.2, 0.25) is 0 Å². The molecule has 0 aromatic heterocycles. The van der Waals surface area contributed by atoms with Gasteiger partial charge in [-0.3, -0.25) is 20.1 Å². The van der Waals surface area contributed by atoms with Crippen LogP contribution >= 0.6 is 0 Å². The monoisotopic (exact) mass is 477 g/mol. The van der Waals surface area contributed by atoms with Gasteiger partial charge in [-0.25, -0.2) is 10.3 Å². The van der Waals surface area contributed by atoms with E-state index in [1.807, 2.05) is 0 Å². The molecule has 0 saturated heterocycles. The Balaban J connectivity index is 1.96. The molecule has 182 valence electrons.